The molecule has 2 N–H and O–H groups in total. The van der Waals surface area contributed by atoms with Crippen LogP contribution in [0.15, 0.2) is 48.8 Å². The molecular weight excluding hydrogens is 457 g/mol. The first kappa shape index (κ1) is 22.6. The number of nitrogens with one attached hydrogen (secondary N) is 2. The molecule has 0 spiro atoms. The predicted molar refractivity (Wildman–Crippen MR) is 131 cm³/mol. The van der Waals surface area contributed by atoms with Gasteiger partial charge < -0.3 is 15.4 Å². The first-order valence-electron chi connectivity index (χ1n) is 11.3. The van der Waals surface area contributed by atoms with E-state index in [1.54, 1.807) is 24.3 Å². The maximum absolute atomic E-state index is 13.5. The van der Waals surface area contributed by atoms with Crippen LogP contribution >= 0.6 is 11.6 Å². The van der Waals surface area contributed by atoms with E-state index >= 15 is 0 Å². The van der Waals surface area contributed by atoms with E-state index in [9.17, 15) is 9.18 Å². The second kappa shape index (κ2) is 9.56. The lowest BCUT2D eigenvalue weighted by molar-refractivity contribution is -0.111. The van der Waals surface area contributed by atoms with Crippen LogP contribution in [0, 0.1) is 11.7 Å². The molecule has 2 atom stereocenters. The van der Waals surface area contributed by atoms with Gasteiger partial charge in [0, 0.05) is 42.3 Å². The van der Waals surface area contributed by atoms with E-state index < -0.39 is 5.82 Å². The summed E-state index contributed by atoms with van der Waals surface area (Å²) in [5.74, 6) is 1.09. The fourth-order valence-electron chi connectivity index (χ4n) is 4.85. The maximum Gasteiger partial charge on any atom is 0.248 e. The SMILES string of the molecule is COc1cc2ncnc(Nc3ccc(F)c(Cl)c3)c2cc1NC(=O)C=CCN1CC2CCCC21. The summed E-state index contributed by atoms with van der Waals surface area (Å²) in [6, 6.07) is 8.51. The fourth-order valence-corrected chi connectivity index (χ4v) is 5.03. The largest absolute Gasteiger partial charge is 0.494 e. The average Bonchev–Trinajstić information content (AvgIpc) is 3.19. The molecule has 2 aromatic carbocycles. The summed E-state index contributed by atoms with van der Waals surface area (Å²) in [6.07, 6.45) is 8.80. The van der Waals surface area contributed by atoms with Crippen molar-refractivity contribution in [3.05, 3.63) is 59.7 Å². The molecule has 7 nitrogen and oxygen atoms in total. The Morgan fingerprint density at radius 1 is 1.29 bits per heavy atom. The van der Waals surface area contributed by atoms with Crippen molar-refractivity contribution in [2.24, 2.45) is 5.92 Å². The van der Waals surface area contributed by atoms with Crippen LogP contribution in [-0.2, 0) is 4.79 Å². The molecule has 1 aromatic heterocycles. The Hall–Kier alpha value is -3.23. The quantitative estimate of drug-likeness (QED) is 0.454. The predicted octanol–water partition coefficient (Wildman–Crippen LogP) is 5.15. The van der Waals surface area contributed by atoms with E-state index in [4.69, 9.17) is 16.3 Å². The number of aromatic nitrogens is 2. The minimum atomic E-state index is -0.500. The molecule has 9 heteroatoms. The van der Waals surface area contributed by atoms with Gasteiger partial charge in [0.2, 0.25) is 5.91 Å². The van der Waals surface area contributed by atoms with Crippen molar-refractivity contribution < 1.29 is 13.9 Å². The van der Waals surface area contributed by atoms with E-state index in [0.717, 1.165) is 19.0 Å². The molecule has 0 radical (unpaired) electrons. The topological polar surface area (TPSA) is 79.4 Å². The van der Waals surface area contributed by atoms with Gasteiger partial charge in [0.05, 0.1) is 23.3 Å². The number of nitrogens with zero attached hydrogens (tertiary/aromatic N) is 3. The highest BCUT2D eigenvalue weighted by atomic mass is 35.5. The van der Waals surface area contributed by atoms with Gasteiger partial charge in [-0.1, -0.05) is 24.1 Å². The summed E-state index contributed by atoms with van der Waals surface area (Å²) < 4.78 is 19.0. The minimum absolute atomic E-state index is 0.00597. The third-order valence-corrected chi connectivity index (χ3v) is 6.85. The highest BCUT2D eigenvalue weighted by Gasteiger charge is 2.40. The number of benzene rings is 2. The van der Waals surface area contributed by atoms with Gasteiger partial charge in [0.15, 0.2) is 0 Å². The summed E-state index contributed by atoms with van der Waals surface area (Å²) in [6.45, 7) is 1.91. The summed E-state index contributed by atoms with van der Waals surface area (Å²) in [4.78, 5) is 23.6. The number of hydrogen-bond donors (Lipinski definition) is 2. The molecule has 1 aliphatic carbocycles. The number of halogens is 2. The van der Waals surface area contributed by atoms with Crippen LogP contribution in [0.25, 0.3) is 10.9 Å². The van der Waals surface area contributed by atoms with Gasteiger partial charge in [-0.05, 0) is 43.0 Å². The van der Waals surface area contributed by atoms with Crippen LogP contribution in [0.5, 0.6) is 5.75 Å². The lowest BCUT2D eigenvalue weighted by atomic mass is 9.92. The lowest BCUT2D eigenvalue weighted by Crippen LogP contribution is -2.52. The van der Waals surface area contributed by atoms with E-state index in [0.29, 0.717) is 39.9 Å². The Labute approximate surface area is 202 Å². The molecule has 34 heavy (non-hydrogen) atoms. The van der Waals surface area contributed by atoms with Gasteiger partial charge in [-0.2, -0.15) is 0 Å². The maximum atomic E-state index is 13.5. The van der Waals surface area contributed by atoms with E-state index in [-0.39, 0.29) is 10.9 Å². The number of carbonyl (C=O) groups is 1. The van der Waals surface area contributed by atoms with Crippen molar-refractivity contribution in [1.82, 2.24) is 14.9 Å². The highest BCUT2D eigenvalue weighted by Crippen LogP contribution is 2.38. The van der Waals surface area contributed by atoms with Crippen molar-refractivity contribution in [3.8, 4) is 5.75 Å². The number of likely N-dealkylation sites (tertiary alicyclic amines) is 1. The van der Waals surface area contributed by atoms with Crippen molar-refractivity contribution in [2.45, 2.75) is 25.3 Å². The van der Waals surface area contributed by atoms with E-state index in [2.05, 4.69) is 25.5 Å². The standard InChI is InChI=1S/C25H25ClFN5O2/c1-34-23-12-20-17(25(29-14-28-20)30-16-7-8-19(27)18(26)10-16)11-21(23)31-24(33)6-3-9-32-13-15-4-2-5-22(15)32/h3,6-8,10-12,14-15,22H,2,4-5,9,13H2,1H3,(H,31,33)(H,28,29,30). The highest BCUT2D eigenvalue weighted by molar-refractivity contribution is 6.31. The van der Waals surface area contributed by atoms with Crippen LogP contribution < -0.4 is 15.4 Å². The molecule has 1 saturated carbocycles. The zero-order chi connectivity index (χ0) is 23.7. The van der Waals surface area contributed by atoms with Crippen LogP contribution in [-0.4, -0.2) is 47.0 Å². The average molecular weight is 482 g/mol. The molecule has 1 aliphatic heterocycles. The zero-order valence-electron chi connectivity index (χ0n) is 18.7. The van der Waals surface area contributed by atoms with Crippen molar-refractivity contribution in [1.29, 1.82) is 0 Å². The number of carbonyl (C=O) groups excluding carboxylic acids is 1. The lowest BCUT2D eigenvalue weighted by Gasteiger charge is -2.44. The first-order chi connectivity index (χ1) is 16.5. The van der Waals surface area contributed by atoms with Crippen LogP contribution in [0.4, 0.5) is 21.6 Å². The van der Waals surface area contributed by atoms with Crippen LogP contribution in [0.2, 0.25) is 5.02 Å². The smallest absolute Gasteiger partial charge is 0.248 e. The number of hydrogen-bond acceptors (Lipinski definition) is 6. The number of amides is 1. The Balaban J connectivity index is 1.33. The molecule has 176 valence electrons. The number of methoxy groups -OCH3 is 1. The normalized spacial score (nSPS) is 19.7. The second-order valence-corrected chi connectivity index (χ2v) is 9.06. The summed E-state index contributed by atoms with van der Waals surface area (Å²) in [5, 5.41) is 6.70. The van der Waals surface area contributed by atoms with Crippen LogP contribution in [0.1, 0.15) is 19.3 Å². The zero-order valence-corrected chi connectivity index (χ0v) is 19.5. The molecule has 2 fully saturated rings. The summed E-state index contributed by atoms with van der Waals surface area (Å²) >= 11 is 5.90. The number of fused-ring (bicyclic) bond motifs is 2. The van der Waals surface area contributed by atoms with Crippen molar-refractivity contribution in [3.63, 3.8) is 0 Å². The minimum Gasteiger partial charge on any atom is -0.494 e. The van der Waals surface area contributed by atoms with Gasteiger partial charge in [-0.25, -0.2) is 14.4 Å². The van der Waals surface area contributed by atoms with Gasteiger partial charge in [0.25, 0.3) is 0 Å². The Bertz CT molecular complexity index is 1270. The molecule has 2 aliphatic rings. The molecule has 2 heterocycles. The molecular formula is C25H25ClFN5O2. The number of anilines is 3. The molecule has 1 amide bonds. The molecule has 1 saturated heterocycles. The van der Waals surface area contributed by atoms with Crippen molar-refractivity contribution >= 4 is 45.6 Å². The molecule has 2 unspecified atom stereocenters. The number of rotatable bonds is 7. The molecule has 0 bridgehead atoms. The molecule has 5 rings (SSSR count). The van der Waals surface area contributed by atoms with E-state index in [1.807, 2.05) is 6.08 Å². The Morgan fingerprint density at radius 2 is 2.18 bits per heavy atom. The van der Waals surface area contributed by atoms with Gasteiger partial charge in [-0.15, -0.1) is 0 Å². The molecule has 3 aromatic rings. The van der Waals surface area contributed by atoms with Gasteiger partial charge >= 0.3 is 0 Å². The first-order valence-corrected chi connectivity index (χ1v) is 11.7. The monoisotopic (exact) mass is 481 g/mol. The third-order valence-electron chi connectivity index (χ3n) is 6.56. The second-order valence-electron chi connectivity index (χ2n) is 8.65. The van der Waals surface area contributed by atoms with Gasteiger partial charge in [-0.3, -0.25) is 9.69 Å². The number of ether oxygens (including phenoxy) is 1. The summed E-state index contributed by atoms with van der Waals surface area (Å²) in [7, 11) is 1.54. The summed E-state index contributed by atoms with van der Waals surface area (Å²) in [5.41, 5.74) is 1.70. The van der Waals surface area contributed by atoms with Crippen LogP contribution in [0.3, 0.4) is 0 Å². The van der Waals surface area contributed by atoms with Crippen molar-refractivity contribution in [2.75, 3.05) is 30.8 Å². The third kappa shape index (κ3) is 4.56. The van der Waals surface area contributed by atoms with Gasteiger partial charge in [0.1, 0.15) is 23.7 Å². The fraction of sp³-hybridized carbons (Fsp3) is 0.320. The van der Waals surface area contributed by atoms with E-state index in [1.165, 1.54) is 44.8 Å². The Morgan fingerprint density at radius 3 is 2.97 bits per heavy atom. The Kier molecular flexibility index (Phi) is 6.34.